The van der Waals surface area contributed by atoms with Crippen molar-refractivity contribution in [3.8, 4) is 0 Å². The lowest BCUT2D eigenvalue weighted by atomic mass is 9.95. The van der Waals surface area contributed by atoms with Gasteiger partial charge < -0.3 is 20.0 Å². The fourth-order valence-corrected chi connectivity index (χ4v) is 4.79. The summed E-state index contributed by atoms with van der Waals surface area (Å²) in [6, 6.07) is 4.73. The van der Waals surface area contributed by atoms with Crippen molar-refractivity contribution >= 4 is 35.8 Å². The van der Waals surface area contributed by atoms with Crippen LogP contribution in [0.2, 0.25) is 0 Å². The quantitative estimate of drug-likeness (QED) is 0.382. The highest BCUT2D eigenvalue weighted by atomic mass is 127. The van der Waals surface area contributed by atoms with E-state index in [-0.39, 0.29) is 35.9 Å². The van der Waals surface area contributed by atoms with Crippen LogP contribution in [0.5, 0.6) is 0 Å². The van der Waals surface area contributed by atoms with Crippen molar-refractivity contribution in [2.24, 2.45) is 16.8 Å². The van der Waals surface area contributed by atoms with Gasteiger partial charge >= 0.3 is 0 Å². The number of nitrogens with zero attached hydrogens (tertiary/aromatic N) is 2. The maximum absolute atomic E-state index is 11.7. The highest BCUT2D eigenvalue weighted by molar-refractivity contribution is 14.0. The van der Waals surface area contributed by atoms with Gasteiger partial charge in [0.2, 0.25) is 5.91 Å². The molecule has 2 N–H and O–H groups in total. The topological polar surface area (TPSA) is 69.9 Å². The van der Waals surface area contributed by atoms with Crippen molar-refractivity contribution in [1.29, 1.82) is 0 Å². The largest absolute Gasteiger partial charge is 0.469 e. The van der Waals surface area contributed by atoms with Gasteiger partial charge in [-0.15, -0.1) is 24.0 Å². The molecule has 4 rings (SSSR count). The van der Waals surface area contributed by atoms with E-state index in [1.54, 1.807) is 6.26 Å². The number of furan rings is 1. The summed E-state index contributed by atoms with van der Waals surface area (Å²) in [6.45, 7) is 1.44. The zero-order valence-electron chi connectivity index (χ0n) is 16.0. The van der Waals surface area contributed by atoms with E-state index in [0.29, 0.717) is 19.0 Å². The molecule has 2 heterocycles. The van der Waals surface area contributed by atoms with Gasteiger partial charge in [0.1, 0.15) is 5.76 Å². The summed E-state index contributed by atoms with van der Waals surface area (Å²) in [4.78, 5) is 18.4. The lowest BCUT2D eigenvalue weighted by Crippen LogP contribution is -2.54. The first-order chi connectivity index (χ1) is 12.7. The van der Waals surface area contributed by atoms with Gasteiger partial charge in [-0.2, -0.15) is 0 Å². The molecule has 150 valence electrons. The first-order valence-electron chi connectivity index (χ1n) is 10.0. The number of halogens is 1. The molecule has 2 aliphatic carbocycles. The molecule has 4 unspecified atom stereocenters. The van der Waals surface area contributed by atoms with E-state index in [9.17, 15) is 4.79 Å². The molecule has 0 spiro atoms. The van der Waals surface area contributed by atoms with Crippen molar-refractivity contribution in [3.63, 3.8) is 0 Å². The molecule has 27 heavy (non-hydrogen) atoms. The number of carbonyl (C=O) groups excluding carboxylic acids is 1. The van der Waals surface area contributed by atoms with Crippen LogP contribution < -0.4 is 10.6 Å². The van der Waals surface area contributed by atoms with Gasteiger partial charge in [0, 0.05) is 45.1 Å². The van der Waals surface area contributed by atoms with Crippen LogP contribution in [-0.2, 0) is 11.2 Å². The van der Waals surface area contributed by atoms with E-state index >= 15 is 0 Å². The van der Waals surface area contributed by atoms with E-state index in [0.717, 1.165) is 42.9 Å². The predicted octanol–water partition coefficient (Wildman–Crippen LogP) is 2.78. The van der Waals surface area contributed by atoms with E-state index in [1.807, 2.05) is 24.1 Å². The van der Waals surface area contributed by atoms with E-state index < -0.39 is 0 Å². The molecule has 7 heteroatoms. The summed E-state index contributed by atoms with van der Waals surface area (Å²) in [5.74, 6) is 3.81. The number of hydrogen-bond donors (Lipinski definition) is 2. The minimum Gasteiger partial charge on any atom is -0.469 e. The van der Waals surface area contributed by atoms with Gasteiger partial charge in [-0.1, -0.05) is 6.42 Å². The molecule has 1 aliphatic heterocycles. The van der Waals surface area contributed by atoms with Gasteiger partial charge in [0.25, 0.3) is 0 Å². The fourth-order valence-electron chi connectivity index (χ4n) is 4.79. The maximum atomic E-state index is 11.7. The Morgan fingerprint density at radius 3 is 2.85 bits per heavy atom. The Morgan fingerprint density at radius 1 is 1.30 bits per heavy atom. The Morgan fingerprint density at radius 2 is 2.19 bits per heavy atom. The Hall–Kier alpha value is -1.25. The van der Waals surface area contributed by atoms with Crippen LogP contribution in [0.15, 0.2) is 27.8 Å². The fraction of sp³-hybridized carbons (Fsp3) is 0.700. The third-order valence-electron chi connectivity index (χ3n) is 6.24. The number of hydrogen-bond acceptors (Lipinski definition) is 3. The second kappa shape index (κ2) is 9.30. The van der Waals surface area contributed by atoms with Crippen LogP contribution in [-0.4, -0.2) is 49.0 Å². The third-order valence-corrected chi connectivity index (χ3v) is 6.24. The molecule has 1 aromatic heterocycles. The molecule has 3 aliphatic rings. The Kier molecular flexibility index (Phi) is 7.05. The number of likely N-dealkylation sites (tertiary alicyclic amines) is 1. The highest BCUT2D eigenvalue weighted by Crippen LogP contribution is 2.44. The Bertz CT molecular complexity index is 648. The number of rotatable bonds is 5. The third kappa shape index (κ3) is 5.18. The Labute approximate surface area is 178 Å². The molecule has 0 aromatic carbocycles. The monoisotopic (exact) mass is 486 g/mol. The summed E-state index contributed by atoms with van der Waals surface area (Å²) < 4.78 is 5.41. The van der Waals surface area contributed by atoms with Crippen LogP contribution in [0, 0.1) is 11.8 Å². The summed E-state index contributed by atoms with van der Waals surface area (Å²) in [5, 5.41) is 7.29. The average Bonchev–Trinajstić information content (AvgIpc) is 3.36. The number of likely N-dealkylation sites (N-methyl/N-ethyl adjacent to an activating group) is 1. The standard InChI is InChI=1S/C20H30N4O2.HI/c1-24-13-16(6-7-19(24)25)22-20(21-9-8-17-3-2-10-26-17)23-18-12-14-4-5-15(18)11-14;/h2-3,10,14-16,18H,4-9,11-13H2,1H3,(H2,21,22,23);1H. The van der Waals surface area contributed by atoms with E-state index in [2.05, 4.69) is 10.6 Å². The number of fused-ring (bicyclic) bond motifs is 2. The van der Waals surface area contributed by atoms with Gasteiger partial charge in [-0.3, -0.25) is 9.79 Å². The summed E-state index contributed by atoms with van der Waals surface area (Å²) in [5.41, 5.74) is 0. The van der Waals surface area contributed by atoms with Crippen LogP contribution in [0.25, 0.3) is 0 Å². The van der Waals surface area contributed by atoms with Crippen molar-refractivity contribution in [1.82, 2.24) is 15.5 Å². The second-order valence-electron chi connectivity index (χ2n) is 8.14. The van der Waals surface area contributed by atoms with Crippen LogP contribution in [0.1, 0.15) is 44.3 Å². The first-order valence-corrected chi connectivity index (χ1v) is 10.0. The first kappa shape index (κ1) is 20.5. The lowest BCUT2D eigenvalue weighted by molar-refractivity contribution is -0.132. The lowest BCUT2D eigenvalue weighted by Gasteiger charge is -2.33. The van der Waals surface area contributed by atoms with E-state index in [4.69, 9.17) is 9.41 Å². The van der Waals surface area contributed by atoms with Gasteiger partial charge in [0.05, 0.1) is 6.26 Å². The maximum Gasteiger partial charge on any atom is 0.222 e. The normalized spacial score (nSPS) is 30.3. The number of piperidine rings is 1. The van der Waals surface area contributed by atoms with Gasteiger partial charge in [0.15, 0.2) is 5.96 Å². The van der Waals surface area contributed by atoms with Crippen molar-refractivity contribution in [2.75, 3.05) is 20.1 Å². The van der Waals surface area contributed by atoms with Crippen LogP contribution in [0.3, 0.4) is 0 Å². The molecule has 1 amide bonds. The van der Waals surface area contributed by atoms with Crippen LogP contribution in [0.4, 0.5) is 0 Å². The molecule has 3 fully saturated rings. The molecule has 2 bridgehead atoms. The van der Waals surface area contributed by atoms with Crippen molar-refractivity contribution in [3.05, 3.63) is 24.2 Å². The molecule has 6 nitrogen and oxygen atoms in total. The second-order valence-corrected chi connectivity index (χ2v) is 8.14. The number of nitrogens with one attached hydrogen (secondary N) is 2. The minimum atomic E-state index is 0. The highest BCUT2D eigenvalue weighted by Gasteiger charge is 2.40. The smallest absolute Gasteiger partial charge is 0.222 e. The molecule has 2 saturated carbocycles. The molecule has 1 aromatic rings. The van der Waals surface area contributed by atoms with Crippen LogP contribution >= 0.6 is 24.0 Å². The molecular weight excluding hydrogens is 455 g/mol. The summed E-state index contributed by atoms with van der Waals surface area (Å²) >= 11 is 0. The summed E-state index contributed by atoms with van der Waals surface area (Å²) in [7, 11) is 1.88. The molecule has 1 saturated heterocycles. The number of aliphatic imine (C=N–C) groups is 1. The number of amides is 1. The average molecular weight is 486 g/mol. The van der Waals surface area contributed by atoms with Crippen molar-refractivity contribution < 1.29 is 9.21 Å². The zero-order valence-corrected chi connectivity index (χ0v) is 18.4. The summed E-state index contributed by atoms with van der Waals surface area (Å²) in [6.07, 6.45) is 9.39. The van der Waals surface area contributed by atoms with E-state index in [1.165, 1.54) is 25.7 Å². The number of guanidine groups is 1. The Balaban J connectivity index is 0.00000210. The number of carbonyl (C=O) groups is 1. The minimum absolute atomic E-state index is 0. The van der Waals surface area contributed by atoms with Crippen molar-refractivity contribution in [2.45, 2.75) is 57.0 Å². The van der Waals surface area contributed by atoms with Gasteiger partial charge in [-0.25, -0.2) is 0 Å². The molecular formula is C20H31IN4O2. The zero-order chi connectivity index (χ0) is 17.9. The molecule has 4 atom stereocenters. The molecule has 0 radical (unpaired) electrons. The SMILES string of the molecule is CN1CC(NC(=NCCc2ccco2)NC2CC3CCC2C3)CCC1=O.I. The van der Waals surface area contributed by atoms with Gasteiger partial charge in [-0.05, 0) is 49.7 Å². The predicted molar refractivity (Wildman–Crippen MR) is 116 cm³/mol.